The number of rotatable bonds is 9. The summed E-state index contributed by atoms with van der Waals surface area (Å²) in [5, 5.41) is -1.28. The first kappa shape index (κ1) is 19.1. The molecular weight excluding hydrogens is 265 g/mol. The molecule has 3 N–H and O–H groups in total. The minimum atomic E-state index is -4.00. The van der Waals surface area contributed by atoms with Crippen LogP contribution in [-0.2, 0) is 14.1 Å². The highest BCUT2D eigenvalue weighted by atomic mass is 31.2. The zero-order valence-electron chi connectivity index (χ0n) is 13.1. The lowest BCUT2D eigenvalue weighted by atomic mass is 9.93. The molecule has 3 atom stereocenters. The van der Waals surface area contributed by atoms with Gasteiger partial charge in [0.15, 0.2) is 0 Å². The summed E-state index contributed by atoms with van der Waals surface area (Å²) in [7, 11) is -4.00. The maximum Gasteiger partial charge on any atom is 0.374 e. The van der Waals surface area contributed by atoms with E-state index in [9.17, 15) is 9.46 Å². The molecule has 6 heteroatoms. The van der Waals surface area contributed by atoms with Crippen molar-refractivity contribution in [3.63, 3.8) is 0 Å². The van der Waals surface area contributed by atoms with Crippen LogP contribution in [0.1, 0.15) is 67.2 Å². The summed E-state index contributed by atoms with van der Waals surface area (Å²) in [6, 6.07) is 0. The Morgan fingerprint density at radius 2 is 1.84 bits per heavy atom. The summed E-state index contributed by atoms with van der Waals surface area (Å²) in [4.78, 5) is 15.1. The Morgan fingerprint density at radius 3 is 2.26 bits per heavy atom. The van der Waals surface area contributed by atoms with Crippen LogP contribution in [-0.4, -0.2) is 15.8 Å². The van der Waals surface area contributed by atoms with E-state index in [0.717, 1.165) is 12.8 Å². The van der Waals surface area contributed by atoms with Gasteiger partial charge in [0.05, 0.1) is 5.60 Å². The van der Waals surface area contributed by atoms with Gasteiger partial charge in [0.2, 0.25) is 0 Å². The SMILES string of the molecule is CCCC(C)(N)P(=O)(O)OOC(C)(C)CC(C)CC. The zero-order chi connectivity index (χ0) is 15.3. The Balaban J connectivity index is 4.57. The Morgan fingerprint density at radius 1 is 1.32 bits per heavy atom. The molecule has 0 aromatic rings. The van der Waals surface area contributed by atoms with Crippen LogP contribution in [0.15, 0.2) is 0 Å². The fourth-order valence-corrected chi connectivity index (χ4v) is 2.88. The third kappa shape index (κ3) is 6.37. The minimum Gasteiger partial charge on any atom is -0.322 e. The molecule has 3 unspecified atom stereocenters. The first-order chi connectivity index (χ1) is 8.47. The van der Waals surface area contributed by atoms with Gasteiger partial charge in [-0.25, -0.2) is 4.89 Å². The molecule has 19 heavy (non-hydrogen) atoms. The van der Waals surface area contributed by atoms with Crippen LogP contribution in [0.5, 0.6) is 0 Å². The lowest BCUT2D eigenvalue weighted by Crippen LogP contribution is -2.37. The van der Waals surface area contributed by atoms with Crippen molar-refractivity contribution in [3.05, 3.63) is 0 Å². The molecule has 0 spiro atoms. The van der Waals surface area contributed by atoms with Crippen molar-refractivity contribution in [1.29, 1.82) is 0 Å². The molecule has 0 bridgehead atoms. The molecule has 0 heterocycles. The summed E-state index contributed by atoms with van der Waals surface area (Å²) < 4.78 is 17.0. The van der Waals surface area contributed by atoms with Crippen molar-refractivity contribution in [2.75, 3.05) is 0 Å². The maximum atomic E-state index is 12.1. The quantitative estimate of drug-likeness (QED) is 0.384. The highest BCUT2D eigenvalue weighted by molar-refractivity contribution is 7.54. The van der Waals surface area contributed by atoms with Crippen LogP contribution in [0, 0.1) is 5.92 Å². The average Bonchev–Trinajstić information content (AvgIpc) is 2.26. The van der Waals surface area contributed by atoms with Gasteiger partial charge in [-0.05, 0) is 39.5 Å². The van der Waals surface area contributed by atoms with E-state index in [1.54, 1.807) is 0 Å². The van der Waals surface area contributed by atoms with Gasteiger partial charge in [-0.15, -0.1) is 4.67 Å². The second-order valence-corrected chi connectivity index (χ2v) is 8.47. The van der Waals surface area contributed by atoms with E-state index in [4.69, 9.17) is 15.3 Å². The fraction of sp³-hybridized carbons (Fsp3) is 1.00. The first-order valence-electron chi connectivity index (χ1n) is 6.96. The van der Waals surface area contributed by atoms with Gasteiger partial charge in [-0.2, -0.15) is 0 Å². The van der Waals surface area contributed by atoms with E-state index in [-0.39, 0.29) is 0 Å². The molecule has 0 rings (SSSR count). The molecule has 0 fully saturated rings. The number of hydrogen-bond donors (Lipinski definition) is 2. The molecule has 116 valence electrons. The highest BCUT2D eigenvalue weighted by Crippen LogP contribution is 2.55. The van der Waals surface area contributed by atoms with Crippen molar-refractivity contribution in [2.45, 2.75) is 78.1 Å². The van der Waals surface area contributed by atoms with Crippen LogP contribution in [0.2, 0.25) is 0 Å². The van der Waals surface area contributed by atoms with Crippen molar-refractivity contribution in [1.82, 2.24) is 0 Å². The van der Waals surface area contributed by atoms with E-state index in [0.29, 0.717) is 18.8 Å². The van der Waals surface area contributed by atoms with Gasteiger partial charge in [-0.1, -0.05) is 33.6 Å². The summed E-state index contributed by atoms with van der Waals surface area (Å²) >= 11 is 0. The standard InChI is InChI=1S/C13H30NO4P/c1-7-9-13(6,14)19(15,16)18-17-12(4,5)10-11(3)8-2/h11H,7-10,14H2,1-6H3,(H,15,16). The first-order valence-corrected chi connectivity index (χ1v) is 8.54. The second-order valence-electron chi connectivity index (χ2n) is 6.26. The molecule has 0 radical (unpaired) electrons. The van der Waals surface area contributed by atoms with E-state index >= 15 is 0 Å². The maximum absolute atomic E-state index is 12.1. The average molecular weight is 295 g/mol. The predicted octanol–water partition coefficient (Wildman–Crippen LogP) is 3.81. The molecule has 0 aromatic heterocycles. The molecule has 0 amide bonds. The van der Waals surface area contributed by atoms with E-state index in [1.807, 2.05) is 20.8 Å². The molecule has 0 aliphatic carbocycles. The van der Waals surface area contributed by atoms with Crippen molar-refractivity contribution in [3.8, 4) is 0 Å². The van der Waals surface area contributed by atoms with Gasteiger partial charge >= 0.3 is 7.60 Å². The summed E-state index contributed by atoms with van der Waals surface area (Å²) in [6.07, 6.45) is 2.87. The zero-order valence-corrected chi connectivity index (χ0v) is 14.0. The molecule has 0 aliphatic heterocycles. The molecule has 5 nitrogen and oxygen atoms in total. The smallest absolute Gasteiger partial charge is 0.322 e. The minimum absolute atomic E-state index is 0.399. The fourth-order valence-electron chi connectivity index (χ4n) is 1.90. The van der Waals surface area contributed by atoms with Gasteiger partial charge in [-0.3, -0.25) is 4.57 Å². The van der Waals surface area contributed by atoms with E-state index in [1.165, 1.54) is 6.92 Å². The van der Waals surface area contributed by atoms with Gasteiger partial charge < -0.3 is 10.6 Å². The topological polar surface area (TPSA) is 81.8 Å². The molecule has 0 aromatic carbocycles. The highest BCUT2D eigenvalue weighted by Gasteiger charge is 2.43. The van der Waals surface area contributed by atoms with Crippen molar-refractivity contribution in [2.24, 2.45) is 11.7 Å². The molecule has 0 saturated heterocycles. The Kier molecular flexibility index (Phi) is 7.21. The van der Waals surface area contributed by atoms with E-state index < -0.39 is 18.5 Å². The molecule has 0 saturated carbocycles. The van der Waals surface area contributed by atoms with E-state index in [2.05, 4.69) is 13.8 Å². The summed E-state index contributed by atoms with van der Waals surface area (Å²) in [5.74, 6) is 0.455. The normalized spacial score (nSPS) is 20.6. The molecular formula is C13H30NO4P. The van der Waals surface area contributed by atoms with Gasteiger partial charge in [0, 0.05) is 0 Å². The Bertz CT molecular complexity index is 318. The Hall–Kier alpha value is 0.0700. The van der Waals surface area contributed by atoms with Gasteiger partial charge in [0.1, 0.15) is 5.28 Å². The lowest BCUT2D eigenvalue weighted by Gasteiger charge is -2.32. The summed E-state index contributed by atoms with van der Waals surface area (Å²) in [5.41, 5.74) is 5.23. The summed E-state index contributed by atoms with van der Waals surface area (Å²) in [6.45, 7) is 11.3. The largest absolute Gasteiger partial charge is 0.374 e. The van der Waals surface area contributed by atoms with Crippen molar-refractivity contribution < 1.29 is 19.0 Å². The van der Waals surface area contributed by atoms with Crippen LogP contribution in [0.3, 0.4) is 0 Å². The third-order valence-electron chi connectivity index (χ3n) is 3.30. The number of nitrogens with two attached hydrogens (primary N) is 1. The van der Waals surface area contributed by atoms with Crippen LogP contribution in [0.25, 0.3) is 0 Å². The predicted molar refractivity (Wildman–Crippen MR) is 77.6 cm³/mol. The molecule has 0 aliphatic rings. The van der Waals surface area contributed by atoms with Crippen LogP contribution >= 0.6 is 7.60 Å². The number of hydrogen-bond acceptors (Lipinski definition) is 4. The Labute approximate surface area is 117 Å². The van der Waals surface area contributed by atoms with Crippen LogP contribution < -0.4 is 5.73 Å². The second kappa shape index (κ2) is 7.19. The van der Waals surface area contributed by atoms with Crippen molar-refractivity contribution >= 4 is 7.60 Å². The third-order valence-corrected chi connectivity index (χ3v) is 5.09. The van der Waals surface area contributed by atoms with Crippen LogP contribution in [0.4, 0.5) is 0 Å². The van der Waals surface area contributed by atoms with Gasteiger partial charge in [0.25, 0.3) is 0 Å². The monoisotopic (exact) mass is 295 g/mol. The lowest BCUT2D eigenvalue weighted by molar-refractivity contribution is -0.291.